The van der Waals surface area contributed by atoms with E-state index in [1.807, 2.05) is 0 Å². The molecule has 1 aromatic heterocycles. The fraction of sp³-hybridized carbons (Fsp3) is 0.500. The predicted octanol–water partition coefficient (Wildman–Crippen LogP) is 5.36. The van der Waals surface area contributed by atoms with E-state index < -0.39 is 34.1 Å². The second-order valence-electron chi connectivity index (χ2n) is 12.0. The number of piperidine rings is 2. The van der Waals surface area contributed by atoms with E-state index in [1.165, 1.54) is 47.8 Å². The highest BCUT2D eigenvalue weighted by molar-refractivity contribution is 7.92. The molecule has 2 saturated heterocycles. The van der Waals surface area contributed by atoms with E-state index in [0.29, 0.717) is 53.2 Å². The van der Waals surface area contributed by atoms with Gasteiger partial charge in [0.05, 0.1) is 30.2 Å². The zero-order valence-corrected chi connectivity index (χ0v) is 25.9. The standard InChI is InChI=1S/C32H38FN3O7S/c1-21-26-16-27-28(19-37)31(22-6-8-23(33)9-7-22)43-30(27)17-29(26)36(44(2,39)40)18-25(42-21)20-41-32(38)35-14-10-24(11-15-35)34-12-4-3-5-13-34/h6-9,16-17,19,21,24-25H,3-5,10-15,18,20H2,1-2H3/t21-,25-/m0/s1. The second-order valence-corrected chi connectivity index (χ2v) is 13.9. The number of halogens is 1. The van der Waals surface area contributed by atoms with Crippen molar-refractivity contribution in [1.29, 1.82) is 0 Å². The molecule has 2 fully saturated rings. The third kappa shape index (κ3) is 6.20. The average Bonchev–Trinajstić information content (AvgIpc) is 3.32. The number of ether oxygens (including phenoxy) is 2. The number of furan rings is 1. The summed E-state index contributed by atoms with van der Waals surface area (Å²) in [5.74, 6) is -0.156. The largest absolute Gasteiger partial charge is 0.455 e. The maximum atomic E-state index is 13.5. The normalized spacial score (nSPS) is 22.1. The molecule has 0 radical (unpaired) electrons. The third-order valence-electron chi connectivity index (χ3n) is 9.00. The fourth-order valence-corrected chi connectivity index (χ4v) is 7.64. The van der Waals surface area contributed by atoms with Crippen LogP contribution in [0.3, 0.4) is 0 Å². The van der Waals surface area contributed by atoms with E-state index in [1.54, 1.807) is 24.0 Å². The highest BCUT2D eigenvalue weighted by Crippen LogP contribution is 2.41. The number of anilines is 1. The van der Waals surface area contributed by atoms with Crippen LogP contribution in [0.2, 0.25) is 0 Å². The first-order chi connectivity index (χ1) is 21.1. The topological polar surface area (TPSA) is 110 Å². The van der Waals surface area contributed by atoms with Crippen molar-refractivity contribution in [1.82, 2.24) is 9.80 Å². The molecule has 6 rings (SSSR count). The summed E-state index contributed by atoms with van der Waals surface area (Å²) in [6.45, 7) is 5.11. The van der Waals surface area contributed by atoms with Crippen molar-refractivity contribution in [3.8, 4) is 11.3 Å². The SMILES string of the molecule is C[C@@H]1O[C@H](COC(=O)N2CCC(N3CCCCC3)CC2)CN(S(C)(=O)=O)c2cc3oc(-c4ccc(F)cc4)c(C=O)c3cc21. The van der Waals surface area contributed by atoms with Gasteiger partial charge in [0, 0.05) is 41.7 Å². The Morgan fingerprint density at radius 3 is 2.43 bits per heavy atom. The quantitative estimate of drug-likeness (QED) is 0.336. The molecule has 10 nitrogen and oxygen atoms in total. The first kappa shape index (κ1) is 30.5. The zero-order chi connectivity index (χ0) is 31.0. The van der Waals surface area contributed by atoms with Crippen LogP contribution in [0.4, 0.5) is 14.9 Å². The number of fused-ring (bicyclic) bond motifs is 2. The molecule has 3 aliphatic heterocycles. The molecule has 0 bridgehead atoms. The number of sulfonamides is 1. The number of aldehydes is 1. The first-order valence-corrected chi connectivity index (χ1v) is 17.1. The number of nitrogens with zero attached hydrogens (tertiary/aromatic N) is 3. The summed E-state index contributed by atoms with van der Waals surface area (Å²) in [7, 11) is -3.78. The van der Waals surface area contributed by atoms with Crippen molar-refractivity contribution in [2.24, 2.45) is 0 Å². The first-order valence-electron chi connectivity index (χ1n) is 15.2. The summed E-state index contributed by atoms with van der Waals surface area (Å²) >= 11 is 0. The molecular weight excluding hydrogens is 589 g/mol. The van der Waals surface area contributed by atoms with Crippen molar-refractivity contribution in [2.75, 3.05) is 49.9 Å². The Bertz CT molecular complexity index is 1630. The number of carbonyl (C=O) groups is 2. The Hall–Kier alpha value is -3.48. The maximum absolute atomic E-state index is 13.5. The molecule has 2 aromatic carbocycles. The molecule has 12 heteroatoms. The highest BCUT2D eigenvalue weighted by Gasteiger charge is 2.35. The summed E-state index contributed by atoms with van der Waals surface area (Å²) in [6, 6.07) is 9.38. The van der Waals surface area contributed by atoms with Crippen LogP contribution < -0.4 is 4.31 Å². The molecule has 0 aliphatic carbocycles. The second kappa shape index (κ2) is 12.5. The predicted molar refractivity (Wildman–Crippen MR) is 164 cm³/mol. The van der Waals surface area contributed by atoms with E-state index in [2.05, 4.69) is 4.90 Å². The number of benzene rings is 2. The monoisotopic (exact) mass is 627 g/mol. The van der Waals surface area contributed by atoms with Gasteiger partial charge in [0.15, 0.2) is 6.29 Å². The van der Waals surface area contributed by atoms with Gasteiger partial charge < -0.3 is 23.7 Å². The molecule has 44 heavy (non-hydrogen) atoms. The Balaban J connectivity index is 1.19. The molecule has 0 saturated carbocycles. The van der Waals surface area contributed by atoms with E-state index in [-0.39, 0.29) is 24.5 Å². The van der Waals surface area contributed by atoms with E-state index in [4.69, 9.17) is 13.9 Å². The number of hydrogen-bond donors (Lipinski definition) is 0. The van der Waals surface area contributed by atoms with E-state index in [9.17, 15) is 22.4 Å². The van der Waals surface area contributed by atoms with Crippen LogP contribution in [0, 0.1) is 5.82 Å². The zero-order valence-electron chi connectivity index (χ0n) is 25.0. The van der Waals surface area contributed by atoms with Gasteiger partial charge in [-0.05, 0) is 76.0 Å². The van der Waals surface area contributed by atoms with Crippen LogP contribution >= 0.6 is 0 Å². The molecule has 236 valence electrons. The third-order valence-corrected chi connectivity index (χ3v) is 10.1. The Morgan fingerprint density at radius 2 is 1.77 bits per heavy atom. The number of likely N-dealkylation sites (tertiary alicyclic amines) is 2. The van der Waals surface area contributed by atoms with Gasteiger partial charge in [-0.25, -0.2) is 17.6 Å². The Morgan fingerprint density at radius 1 is 1.07 bits per heavy atom. The van der Waals surface area contributed by atoms with Gasteiger partial charge in [0.25, 0.3) is 0 Å². The van der Waals surface area contributed by atoms with Gasteiger partial charge in [-0.2, -0.15) is 0 Å². The lowest BCUT2D eigenvalue weighted by Crippen LogP contribution is -2.48. The molecule has 0 N–H and O–H groups in total. The minimum Gasteiger partial charge on any atom is -0.455 e. The van der Waals surface area contributed by atoms with Crippen LogP contribution in [0.25, 0.3) is 22.3 Å². The molecular formula is C32H38FN3O7S. The van der Waals surface area contributed by atoms with E-state index in [0.717, 1.165) is 32.2 Å². The smallest absolute Gasteiger partial charge is 0.409 e. The maximum Gasteiger partial charge on any atom is 0.409 e. The molecule has 3 aliphatic rings. The number of amides is 1. The lowest BCUT2D eigenvalue weighted by molar-refractivity contribution is -0.0337. The van der Waals surface area contributed by atoms with Crippen molar-refractivity contribution in [3.63, 3.8) is 0 Å². The Labute approximate surface area is 256 Å². The van der Waals surface area contributed by atoms with Crippen LogP contribution in [-0.4, -0.2) is 88.3 Å². The van der Waals surface area contributed by atoms with Gasteiger partial charge in [0.1, 0.15) is 29.9 Å². The number of rotatable bonds is 6. The molecule has 3 aromatic rings. The summed E-state index contributed by atoms with van der Waals surface area (Å²) in [5, 5.41) is 0.486. The highest BCUT2D eigenvalue weighted by atomic mass is 32.2. The summed E-state index contributed by atoms with van der Waals surface area (Å²) in [5.41, 5.74) is 2.00. The van der Waals surface area contributed by atoms with Gasteiger partial charge in [-0.1, -0.05) is 6.42 Å². The van der Waals surface area contributed by atoms with Crippen molar-refractivity contribution >= 4 is 39.1 Å². The number of hydrogen-bond acceptors (Lipinski definition) is 8. The van der Waals surface area contributed by atoms with Crippen molar-refractivity contribution in [2.45, 2.75) is 57.3 Å². The minimum absolute atomic E-state index is 0.0714. The average molecular weight is 628 g/mol. The van der Waals surface area contributed by atoms with Crippen LogP contribution in [-0.2, 0) is 19.5 Å². The Kier molecular flexibility index (Phi) is 8.67. The molecule has 4 heterocycles. The number of carbonyl (C=O) groups excluding carboxylic acids is 2. The fourth-order valence-electron chi connectivity index (χ4n) is 6.69. The van der Waals surface area contributed by atoms with Crippen molar-refractivity contribution in [3.05, 3.63) is 53.3 Å². The van der Waals surface area contributed by atoms with Crippen LogP contribution in [0.15, 0.2) is 40.8 Å². The van der Waals surface area contributed by atoms with Crippen molar-refractivity contribution < 1.29 is 36.3 Å². The summed E-state index contributed by atoms with van der Waals surface area (Å²) in [6.07, 6.45) is 5.62. The van der Waals surface area contributed by atoms with Gasteiger partial charge in [0.2, 0.25) is 10.0 Å². The molecule has 1 amide bonds. The van der Waals surface area contributed by atoms with Crippen LogP contribution in [0.1, 0.15) is 61.1 Å². The molecule has 2 atom stereocenters. The van der Waals surface area contributed by atoms with Gasteiger partial charge in [-0.3, -0.25) is 9.10 Å². The molecule has 0 spiro atoms. The summed E-state index contributed by atoms with van der Waals surface area (Å²) < 4.78 is 58.8. The lowest BCUT2D eigenvalue weighted by Gasteiger charge is -2.39. The van der Waals surface area contributed by atoms with Crippen LogP contribution in [0.5, 0.6) is 0 Å². The lowest BCUT2D eigenvalue weighted by atomic mass is 10.0. The van der Waals surface area contributed by atoms with Gasteiger partial charge in [-0.15, -0.1) is 0 Å². The summed E-state index contributed by atoms with van der Waals surface area (Å²) in [4.78, 5) is 29.4. The van der Waals surface area contributed by atoms with Gasteiger partial charge >= 0.3 is 6.09 Å². The molecule has 0 unspecified atom stereocenters. The minimum atomic E-state index is -3.78. The van der Waals surface area contributed by atoms with E-state index >= 15 is 0 Å².